The Bertz CT molecular complexity index is 617. The molecule has 2 rings (SSSR count). The number of carbonyl (C=O) groups excluding carboxylic acids is 1. The number of hydrogen-bond donors (Lipinski definition) is 1. The van der Waals surface area contributed by atoms with Crippen LogP contribution in [0, 0.1) is 0 Å². The maximum atomic E-state index is 11.8. The van der Waals surface area contributed by atoms with Gasteiger partial charge >= 0.3 is 0 Å². The number of halogens is 1. The van der Waals surface area contributed by atoms with Crippen LogP contribution in [0.2, 0.25) is 5.02 Å². The Morgan fingerprint density at radius 2 is 2.05 bits per heavy atom. The second kappa shape index (κ2) is 6.68. The van der Waals surface area contributed by atoms with Crippen molar-refractivity contribution in [3.63, 3.8) is 0 Å². The lowest BCUT2D eigenvalue weighted by atomic mass is 10.2. The molecule has 0 unspecified atom stereocenters. The van der Waals surface area contributed by atoms with Crippen molar-refractivity contribution in [3.8, 4) is 0 Å². The summed E-state index contributed by atoms with van der Waals surface area (Å²) in [6.45, 7) is 4.14. The number of aromatic nitrogens is 1. The first-order chi connectivity index (χ1) is 9.54. The van der Waals surface area contributed by atoms with Crippen LogP contribution in [0.1, 0.15) is 31.0 Å². The Hall–Kier alpha value is -1.65. The van der Waals surface area contributed by atoms with E-state index in [0.717, 1.165) is 11.3 Å². The summed E-state index contributed by atoms with van der Waals surface area (Å²) in [7, 11) is 0. The zero-order valence-electron chi connectivity index (χ0n) is 11.3. The van der Waals surface area contributed by atoms with Crippen molar-refractivity contribution >= 4 is 40.1 Å². The fourth-order valence-corrected chi connectivity index (χ4v) is 2.50. The van der Waals surface area contributed by atoms with Gasteiger partial charge in [-0.25, -0.2) is 4.98 Å². The minimum atomic E-state index is -0.190. The molecule has 0 aliphatic heterocycles. The number of nitrogens with zero attached hydrogens (tertiary/aromatic N) is 1. The number of anilines is 1. The molecule has 0 radical (unpaired) electrons. The van der Waals surface area contributed by atoms with Crippen LogP contribution in [0.5, 0.6) is 0 Å². The Morgan fingerprint density at radius 3 is 2.65 bits per heavy atom. The van der Waals surface area contributed by atoms with Gasteiger partial charge in [-0.1, -0.05) is 37.6 Å². The summed E-state index contributed by atoms with van der Waals surface area (Å²) in [6, 6.07) is 7.28. The van der Waals surface area contributed by atoms with Crippen molar-refractivity contribution in [3.05, 3.63) is 52.0 Å². The van der Waals surface area contributed by atoms with Gasteiger partial charge in [0.1, 0.15) is 0 Å². The fraction of sp³-hybridized carbons (Fsp3) is 0.200. The summed E-state index contributed by atoms with van der Waals surface area (Å²) in [5.41, 5.74) is 1.92. The molecule has 3 nitrogen and oxygen atoms in total. The number of carbonyl (C=O) groups is 1. The Kier molecular flexibility index (Phi) is 4.93. The van der Waals surface area contributed by atoms with Crippen LogP contribution < -0.4 is 5.32 Å². The lowest BCUT2D eigenvalue weighted by molar-refractivity contribution is -0.111. The van der Waals surface area contributed by atoms with E-state index in [1.54, 1.807) is 18.2 Å². The van der Waals surface area contributed by atoms with Gasteiger partial charge in [0.05, 0.1) is 5.69 Å². The molecule has 0 spiro atoms. The van der Waals surface area contributed by atoms with E-state index in [1.807, 2.05) is 17.5 Å². The van der Waals surface area contributed by atoms with E-state index < -0.39 is 0 Å². The van der Waals surface area contributed by atoms with Crippen molar-refractivity contribution in [1.82, 2.24) is 4.98 Å². The number of thiazole rings is 1. The molecule has 0 saturated carbocycles. The summed E-state index contributed by atoms with van der Waals surface area (Å²) in [5.74, 6) is 0.172. The van der Waals surface area contributed by atoms with Gasteiger partial charge in [-0.3, -0.25) is 10.1 Å². The van der Waals surface area contributed by atoms with E-state index in [1.165, 1.54) is 17.4 Å². The number of amides is 1. The molecule has 1 aromatic carbocycles. The molecule has 5 heteroatoms. The number of hydrogen-bond acceptors (Lipinski definition) is 3. The van der Waals surface area contributed by atoms with Crippen LogP contribution in [0.3, 0.4) is 0 Å². The molecule has 0 bridgehead atoms. The second-order valence-electron chi connectivity index (χ2n) is 4.61. The molecule has 0 fully saturated rings. The Labute approximate surface area is 127 Å². The topological polar surface area (TPSA) is 42.0 Å². The minimum Gasteiger partial charge on any atom is -0.298 e. The highest BCUT2D eigenvalue weighted by molar-refractivity contribution is 7.14. The molecule has 1 heterocycles. The first kappa shape index (κ1) is 14.8. The van der Waals surface area contributed by atoms with E-state index in [9.17, 15) is 4.79 Å². The average Bonchev–Trinajstić information content (AvgIpc) is 2.87. The summed E-state index contributed by atoms with van der Waals surface area (Å²) in [4.78, 5) is 16.1. The van der Waals surface area contributed by atoms with Crippen molar-refractivity contribution in [1.29, 1.82) is 0 Å². The minimum absolute atomic E-state index is 0.190. The highest BCUT2D eigenvalue weighted by Crippen LogP contribution is 2.21. The second-order valence-corrected chi connectivity index (χ2v) is 5.90. The van der Waals surface area contributed by atoms with Gasteiger partial charge in [-0.15, -0.1) is 11.3 Å². The molecule has 1 N–H and O–H groups in total. The molecule has 1 amide bonds. The first-order valence-electron chi connectivity index (χ1n) is 6.24. The van der Waals surface area contributed by atoms with Gasteiger partial charge in [0.2, 0.25) is 5.91 Å². The maximum absolute atomic E-state index is 11.8. The van der Waals surface area contributed by atoms with Crippen LogP contribution in [0.15, 0.2) is 35.7 Å². The Balaban J connectivity index is 1.96. The van der Waals surface area contributed by atoms with E-state index in [2.05, 4.69) is 24.1 Å². The third-order valence-corrected chi connectivity index (χ3v) is 3.67. The SMILES string of the molecule is CC(C)c1csc(NC(=O)/C=C/c2ccc(Cl)cc2)n1. The van der Waals surface area contributed by atoms with E-state index in [0.29, 0.717) is 16.1 Å². The molecule has 20 heavy (non-hydrogen) atoms. The van der Waals surface area contributed by atoms with Crippen LogP contribution in [-0.4, -0.2) is 10.9 Å². The van der Waals surface area contributed by atoms with Crippen molar-refractivity contribution in [2.24, 2.45) is 0 Å². The van der Waals surface area contributed by atoms with Gasteiger partial charge in [0.25, 0.3) is 0 Å². The third kappa shape index (κ3) is 4.18. The molecular weight excluding hydrogens is 292 g/mol. The smallest absolute Gasteiger partial charge is 0.250 e. The third-order valence-electron chi connectivity index (χ3n) is 2.64. The van der Waals surface area contributed by atoms with Gasteiger partial charge in [0, 0.05) is 16.5 Å². The standard InChI is InChI=1S/C15H15ClN2OS/c1-10(2)13-9-20-15(17-13)18-14(19)8-5-11-3-6-12(16)7-4-11/h3-10H,1-2H3,(H,17,18,19)/b8-5+. The van der Waals surface area contributed by atoms with E-state index in [-0.39, 0.29) is 5.91 Å². The summed E-state index contributed by atoms with van der Waals surface area (Å²) in [6.07, 6.45) is 3.22. The molecule has 104 valence electrons. The largest absolute Gasteiger partial charge is 0.298 e. The van der Waals surface area contributed by atoms with E-state index in [4.69, 9.17) is 11.6 Å². The highest BCUT2D eigenvalue weighted by atomic mass is 35.5. The molecule has 0 atom stereocenters. The molecular formula is C15H15ClN2OS. The van der Waals surface area contributed by atoms with Crippen LogP contribution in [-0.2, 0) is 4.79 Å². The normalized spacial score (nSPS) is 11.2. The van der Waals surface area contributed by atoms with Crippen molar-refractivity contribution in [2.45, 2.75) is 19.8 Å². The van der Waals surface area contributed by atoms with Crippen molar-refractivity contribution < 1.29 is 4.79 Å². The Morgan fingerprint density at radius 1 is 1.35 bits per heavy atom. The highest BCUT2D eigenvalue weighted by Gasteiger charge is 2.06. The quantitative estimate of drug-likeness (QED) is 0.841. The van der Waals surface area contributed by atoms with Gasteiger partial charge in [-0.05, 0) is 29.7 Å². The number of rotatable bonds is 4. The van der Waals surface area contributed by atoms with Crippen LogP contribution in [0.25, 0.3) is 6.08 Å². The summed E-state index contributed by atoms with van der Waals surface area (Å²) >= 11 is 7.23. The van der Waals surface area contributed by atoms with Crippen LogP contribution >= 0.6 is 22.9 Å². The lowest BCUT2D eigenvalue weighted by Crippen LogP contribution is -2.07. The van der Waals surface area contributed by atoms with Gasteiger partial charge in [0.15, 0.2) is 5.13 Å². The summed E-state index contributed by atoms with van der Waals surface area (Å²) in [5, 5.41) is 6.02. The van der Waals surface area contributed by atoms with Gasteiger partial charge < -0.3 is 0 Å². The predicted octanol–water partition coefficient (Wildman–Crippen LogP) is 4.57. The van der Waals surface area contributed by atoms with Gasteiger partial charge in [-0.2, -0.15) is 0 Å². The van der Waals surface area contributed by atoms with E-state index >= 15 is 0 Å². The lowest BCUT2D eigenvalue weighted by Gasteiger charge is -1.98. The summed E-state index contributed by atoms with van der Waals surface area (Å²) < 4.78 is 0. The van der Waals surface area contributed by atoms with Crippen LogP contribution in [0.4, 0.5) is 5.13 Å². The molecule has 1 aromatic heterocycles. The zero-order chi connectivity index (χ0) is 14.5. The molecule has 0 saturated heterocycles. The predicted molar refractivity (Wildman–Crippen MR) is 85.3 cm³/mol. The number of benzene rings is 1. The molecule has 0 aliphatic carbocycles. The zero-order valence-corrected chi connectivity index (χ0v) is 12.8. The average molecular weight is 307 g/mol. The molecule has 2 aromatic rings. The maximum Gasteiger partial charge on any atom is 0.250 e. The van der Waals surface area contributed by atoms with Crippen molar-refractivity contribution in [2.75, 3.05) is 5.32 Å². The fourth-order valence-electron chi connectivity index (χ4n) is 1.50. The molecule has 0 aliphatic rings. The number of nitrogens with one attached hydrogen (secondary N) is 1. The monoisotopic (exact) mass is 306 g/mol. The first-order valence-corrected chi connectivity index (χ1v) is 7.50.